The van der Waals surface area contributed by atoms with Gasteiger partial charge in [0, 0.05) is 49.2 Å². The van der Waals surface area contributed by atoms with E-state index in [0.29, 0.717) is 31.5 Å². The first-order chi connectivity index (χ1) is 14.7. The zero-order chi connectivity index (χ0) is 20.5. The lowest BCUT2D eigenvalue weighted by Crippen LogP contribution is -2.47. The van der Waals surface area contributed by atoms with E-state index in [9.17, 15) is 9.59 Å². The quantitative estimate of drug-likeness (QED) is 0.649. The Morgan fingerprint density at radius 2 is 2.17 bits per heavy atom. The number of carbonyl (C=O) groups is 1. The van der Waals surface area contributed by atoms with Crippen LogP contribution in [0.3, 0.4) is 0 Å². The maximum absolute atomic E-state index is 13.1. The Morgan fingerprint density at radius 3 is 2.97 bits per heavy atom. The highest BCUT2D eigenvalue weighted by Gasteiger charge is 2.35. The van der Waals surface area contributed by atoms with Gasteiger partial charge >= 0.3 is 0 Å². The van der Waals surface area contributed by atoms with Gasteiger partial charge in [0.1, 0.15) is 18.2 Å². The second-order valence-corrected chi connectivity index (χ2v) is 9.11. The summed E-state index contributed by atoms with van der Waals surface area (Å²) in [5, 5.41) is 8.95. The first-order valence-corrected chi connectivity index (χ1v) is 11.1. The number of nitrogens with zero attached hydrogens (tertiary/aromatic N) is 5. The summed E-state index contributed by atoms with van der Waals surface area (Å²) in [7, 11) is 0. The van der Waals surface area contributed by atoms with E-state index in [4.69, 9.17) is 0 Å². The van der Waals surface area contributed by atoms with Crippen molar-refractivity contribution in [2.45, 2.75) is 32.0 Å². The van der Waals surface area contributed by atoms with Crippen LogP contribution in [0.5, 0.6) is 0 Å². The number of rotatable bonds is 6. The standard InChI is InChI=1S/C21H24N6O2S/c28-20(23-5-6-26-14-22-13-24-26)18-3-4-19-16-8-15(10-27(19)21(18)29)9-25(11-16)12-17-2-1-7-30-17/h1-4,7,13-16H,5-6,8-12H2,(H,23,28)/t15-,16+/m0/s1. The van der Waals surface area contributed by atoms with Crippen LogP contribution >= 0.6 is 11.3 Å². The molecule has 0 spiro atoms. The lowest BCUT2D eigenvalue weighted by atomic mass is 9.83. The lowest BCUT2D eigenvalue weighted by molar-refractivity contribution is 0.0945. The average Bonchev–Trinajstić information content (AvgIpc) is 3.43. The van der Waals surface area contributed by atoms with Gasteiger partial charge in [-0.2, -0.15) is 5.10 Å². The summed E-state index contributed by atoms with van der Waals surface area (Å²) in [6.45, 7) is 4.52. The number of hydrogen-bond acceptors (Lipinski definition) is 6. The molecule has 0 unspecified atom stereocenters. The molecule has 0 aliphatic carbocycles. The summed E-state index contributed by atoms with van der Waals surface area (Å²) < 4.78 is 3.48. The van der Waals surface area contributed by atoms with Crippen molar-refractivity contribution in [3.05, 3.63) is 68.8 Å². The van der Waals surface area contributed by atoms with Gasteiger partial charge in [-0.05, 0) is 35.9 Å². The molecule has 1 fully saturated rings. The fourth-order valence-electron chi connectivity index (χ4n) is 4.70. The van der Waals surface area contributed by atoms with Crippen molar-refractivity contribution in [3.63, 3.8) is 0 Å². The van der Waals surface area contributed by atoms with Gasteiger partial charge in [-0.3, -0.25) is 19.2 Å². The van der Waals surface area contributed by atoms with Crippen molar-refractivity contribution in [1.82, 2.24) is 29.5 Å². The average molecular weight is 425 g/mol. The number of pyridine rings is 1. The summed E-state index contributed by atoms with van der Waals surface area (Å²) in [5.74, 6) is 0.458. The third-order valence-electron chi connectivity index (χ3n) is 5.98. The molecule has 1 N–H and O–H groups in total. The Hall–Kier alpha value is -2.78. The van der Waals surface area contributed by atoms with Crippen LogP contribution in [0.1, 0.15) is 33.3 Å². The highest BCUT2D eigenvalue weighted by molar-refractivity contribution is 7.09. The zero-order valence-electron chi connectivity index (χ0n) is 16.6. The second-order valence-electron chi connectivity index (χ2n) is 8.07. The topological polar surface area (TPSA) is 85.0 Å². The molecule has 156 valence electrons. The summed E-state index contributed by atoms with van der Waals surface area (Å²) >= 11 is 1.79. The smallest absolute Gasteiger partial charge is 0.263 e. The van der Waals surface area contributed by atoms with Crippen LogP contribution in [0, 0.1) is 5.92 Å². The molecule has 8 nitrogen and oxygen atoms in total. The fraction of sp³-hybridized carbons (Fsp3) is 0.429. The zero-order valence-corrected chi connectivity index (χ0v) is 17.4. The van der Waals surface area contributed by atoms with E-state index in [1.807, 2.05) is 10.6 Å². The van der Waals surface area contributed by atoms with Crippen LogP contribution in [-0.4, -0.2) is 49.8 Å². The molecule has 1 amide bonds. The van der Waals surface area contributed by atoms with Crippen molar-refractivity contribution < 1.29 is 4.79 Å². The van der Waals surface area contributed by atoms with Gasteiger partial charge in [0.05, 0.1) is 6.54 Å². The molecule has 5 heterocycles. The Labute approximate surface area is 178 Å². The Morgan fingerprint density at radius 1 is 1.23 bits per heavy atom. The molecule has 1 saturated heterocycles. The van der Waals surface area contributed by atoms with Gasteiger partial charge in [0.15, 0.2) is 0 Å². The van der Waals surface area contributed by atoms with E-state index in [0.717, 1.165) is 31.7 Å². The van der Waals surface area contributed by atoms with Crippen molar-refractivity contribution >= 4 is 17.2 Å². The molecular weight excluding hydrogens is 400 g/mol. The molecule has 2 aliphatic heterocycles. The van der Waals surface area contributed by atoms with Crippen molar-refractivity contribution in [2.24, 2.45) is 5.92 Å². The summed E-state index contributed by atoms with van der Waals surface area (Å²) in [4.78, 5) is 33.4. The minimum atomic E-state index is -0.328. The third kappa shape index (κ3) is 3.82. The SMILES string of the molecule is O=C(NCCn1cncn1)c1ccc2n(c1=O)C[C@H]1C[C@@H]2CN(Cc2cccs2)C1. The molecule has 0 aromatic carbocycles. The van der Waals surface area contributed by atoms with Crippen molar-refractivity contribution in [2.75, 3.05) is 19.6 Å². The van der Waals surface area contributed by atoms with Gasteiger partial charge in [-0.1, -0.05) is 6.07 Å². The third-order valence-corrected chi connectivity index (χ3v) is 6.84. The number of aromatic nitrogens is 4. The summed E-state index contributed by atoms with van der Waals surface area (Å²) in [6, 6.07) is 7.94. The van der Waals surface area contributed by atoms with E-state index < -0.39 is 0 Å². The number of hydrogen-bond donors (Lipinski definition) is 1. The fourth-order valence-corrected chi connectivity index (χ4v) is 5.44. The van der Waals surface area contributed by atoms with Crippen LogP contribution in [-0.2, 0) is 19.6 Å². The number of likely N-dealkylation sites (tertiary alicyclic amines) is 1. The predicted octanol–water partition coefficient (Wildman–Crippen LogP) is 1.55. The predicted molar refractivity (Wildman–Crippen MR) is 114 cm³/mol. The van der Waals surface area contributed by atoms with E-state index >= 15 is 0 Å². The molecule has 0 radical (unpaired) electrons. The maximum atomic E-state index is 13.1. The van der Waals surface area contributed by atoms with Gasteiger partial charge in [0.25, 0.3) is 11.5 Å². The van der Waals surface area contributed by atoms with Gasteiger partial charge in [-0.25, -0.2) is 4.98 Å². The van der Waals surface area contributed by atoms with Crippen LogP contribution in [0.4, 0.5) is 0 Å². The maximum Gasteiger partial charge on any atom is 0.263 e. The van der Waals surface area contributed by atoms with Crippen LogP contribution in [0.2, 0.25) is 0 Å². The number of fused-ring (bicyclic) bond motifs is 4. The normalized spacial score (nSPS) is 20.7. The van der Waals surface area contributed by atoms with Crippen LogP contribution < -0.4 is 10.9 Å². The molecule has 30 heavy (non-hydrogen) atoms. The van der Waals surface area contributed by atoms with E-state index in [1.165, 1.54) is 11.2 Å². The molecule has 2 atom stereocenters. The first-order valence-electron chi connectivity index (χ1n) is 10.3. The largest absolute Gasteiger partial charge is 0.350 e. The Balaban J connectivity index is 1.29. The minimum Gasteiger partial charge on any atom is -0.350 e. The minimum absolute atomic E-state index is 0.174. The Kier molecular flexibility index (Phi) is 5.22. The van der Waals surface area contributed by atoms with E-state index in [-0.39, 0.29) is 17.0 Å². The van der Waals surface area contributed by atoms with Gasteiger partial charge in [-0.15, -0.1) is 11.3 Å². The van der Waals surface area contributed by atoms with Crippen molar-refractivity contribution in [1.29, 1.82) is 0 Å². The molecule has 5 rings (SSSR count). The van der Waals surface area contributed by atoms with Gasteiger partial charge in [0.2, 0.25) is 0 Å². The number of thiophene rings is 1. The first kappa shape index (κ1) is 19.2. The van der Waals surface area contributed by atoms with Crippen LogP contribution in [0.25, 0.3) is 0 Å². The molecule has 3 aromatic heterocycles. The highest BCUT2D eigenvalue weighted by Crippen LogP contribution is 2.35. The van der Waals surface area contributed by atoms with Crippen molar-refractivity contribution in [3.8, 4) is 0 Å². The molecular formula is C21H24N6O2S. The number of carbonyl (C=O) groups excluding carboxylic acids is 1. The monoisotopic (exact) mass is 424 g/mol. The lowest BCUT2D eigenvalue weighted by Gasteiger charge is -2.42. The molecule has 9 heteroatoms. The molecule has 2 aliphatic rings. The van der Waals surface area contributed by atoms with E-state index in [2.05, 4.69) is 37.8 Å². The molecule has 2 bridgehead atoms. The highest BCUT2D eigenvalue weighted by atomic mass is 32.1. The number of amides is 1. The molecule has 3 aromatic rings. The molecule has 0 saturated carbocycles. The van der Waals surface area contributed by atoms with E-state index in [1.54, 1.807) is 28.4 Å². The number of piperidine rings is 1. The Bertz CT molecular complexity index is 1080. The van der Waals surface area contributed by atoms with Crippen LogP contribution in [0.15, 0.2) is 47.1 Å². The second kappa shape index (κ2) is 8.16. The summed E-state index contributed by atoms with van der Waals surface area (Å²) in [5.41, 5.74) is 1.10. The van der Waals surface area contributed by atoms with Gasteiger partial charge < -0.3 is 9.88 Å². The summed E-state index contributed by atoms with van der Waals surface area (Å²) in [6.07, 6.45) is 4.17. The number of nitrogens with one attached hydrogen (secondary N) is 1.